The van der Waals surface area contributed by atoms with E-state index < -0.39 is 0 Å². The Labute approximate surface area is 99.9 Å². The quantitative estimate of drug-likeness (QED) is 0.600. The minimum absolute atomic E-state index is 0.147. The standard InChI is InChI=1S/C12H16N2O3/c1-8-4-3-5-9(11(8)13)12(16)14-7-6-10(15)17-2/h3-5H,6-7,13H2,1-2H3,(H,14,16). The SMILES string of the molecule is COC(=O)CCNC(=O)c1cccc(C)c1N. The van der Waals surface area contributed by atoms with Gasteiger partial charge in [0.15, 0.2) is 0 Å². The predicted molar refractivity (Wildman–Crippen MR) is 64.6 cm³/mol. The maximum absolute atomic E-state index is 11.7. The zero-order chi connectivity index (χ0) is 12.8. The van der Waals surface area contributed by atoms with Crippen molar-refractivity contribution in [2.45, 2.75) is 13.3 Å². The molecule has 0 saturated heterocycles. The van der Waals surface area contributed by atoms with Gasteiger partial charge in [-0.05, 0) is 18.6 Å². The van der Waals surface area contributed by atoms with Gasteiger partial charge in [0.05, 0.1) is 19.1 Å². The lowest BCUT2D eigenvalue weighted by Crippen LogP contribution is -2.27. The number of nitrogen functional groups attached to an aromatic ring is 1. The molecule has 0 unspecified atom stereocenters. The van der Waals surface area contributed by atoms with Crippen molar-refractivity contribution in [1.82, 2.24) is 5.32 Å². The number of nitrogens with two attached hydrogens (primary N) is 1. The van der Waals surface area contributed by atoms with Gasteiger partial charge >= 0.3 is 5.97 Å². The van der Waals surface area contributed by atoms with E-state index in [9.17, 15) is 9.59 Å². The number of rotatable bonds is 4. The van der Waals surface area contributed by atoms with Crippen LogP contribution < -0.4 is 11.1 Å². The van der Waals surface area contributed by atoms with Gasteiger partial charge in [-0.15, -0.1) is 0 Å². The van der Waals surface area contributed by atoms with Crippen molar-refractivity contribution in [2.75, 3.05) is 19.4 Å². The fourth-order valence-electron chi connectivity index (χ4n) is 1.35. The molecule has 0 atom stereocenters. The molecule has 5 nitrogen and oxygen atoms in total. The van der Waals surface area contributed by atoms with Gasteiger partial charge in [0.2, 0.25) is 0 Å². The molecule has 0 heterocycles. The van der Waals surface area contributed by atoms with Gasteiger partial charge in [0.1, 0.15) is 0 Å². The lowest BCUT2D eigenvalue weighted by molar-refractivity contribution is -0.140. The molecule has 17 heavy (non-hydrogen) atoms. The molecule has 1 aromatic carbocycles. The number of esters is 1. The van der Waals surface area contributed by atoms with Crippen LogP contribution in [0.4, 0.5) is 5.69 Å². The first kappa shape index (κ1) is 13.0. The Balaban J connectivity index is 2.59. The van der Waals surface area contributed by atoms with Crippen molar-refractivity contribution < 1.29 is 14.3 Å². The molecule has 1 amide bonds. The third kappa shape index (κ3) is 3.48. The fourth-order valence-corrected chi connectivity index (χ4v) is 1.35. The summed E-state index contributed by atoms with van der Waals surface area (Å²) in [6, 6.07) is 5.25. The molecule has 5 heteroatoms. The Morgan fingerprint density at radius 2 is 2.12 bits per heavy atom. The van der Waals surface area contributed by atoms with E-state index in [0.717, 1.165) is 5.56 Å². The number of carbonyl (C=O) groups excluding carboxylic acids is 2. The molecule has 0 radical (unpaired) electrons. The van der Waals surface area contributed by atoms with Crippen molar-refractivity contribution in [1.29, 1.82) is 0 Å². The highest BCUT2D eigenvalue weighted by atomic mass is 16.5. The van der Waals surface area contributed by atoms with Crippen LogP contribution in [0.5, 0.6) is 0 Å². The van der Waals surface area contributed by atoms with Gasteiger partial charge < -0.3 is 15.8 Å². The maximum atomic E-state index is 11.7. The molecule has 0 aliphatic rings. The smallest absolute Gasteiger partial charge is 0.307 e. The van der Waals surface area contributed by atoms with Gasteiger partial charge in [0.25, 0.3) is 5.91 Å². The van der Waals surface area contributed by atoms with Crippen LogP contribution in [0.3, 0.4) is 0 Å². The maximum Gasteiger partial charge on any atom is 0.307 e. The lowest BCUT2D eigenvalue weighted by Gasteiger charge is -2.08. The van der Waals surface area contributed by atoms with E-state index in [0.29, 0.717) is 11.3 Å². The van der Waals surface area contributed by atoms with E-state index in [1.807, 2.05) is 13.0 Å². The Kier molecular flexibility index (Phi) is 4.51. The Hall–Kier alpha value is -2.04. The van der Waals surface area contributed by atoms with E-state index in [1.165, 1.54) is 7.11 Å². The molecule has 0 aliphatic heterocycles. The van der Waals surface area contributed by atoms with E-state index in [-0.39, 0.29) is 24.8 Å². The first-order valence-corrected chi connectivity index (χ1v) is 5.26. The molecule has 0 aliphatic carbocycles. The number of methoxy groups -OCH3 is 1. The van der Waals surface area contributed by atoms with Crippen LogP contribution >= 0.6 is 0 Å². The number of carbonyl (C=O) groups is 2. The number of benzene rings is 1. The monoisotopic (exact) mass is 236 g/mol. The molecule has 92 valence electrons. The zero-order valence-electron chi connectivity index (χ0n) is 9.95. The number of hydrogen-bond acceptors (Lipinski definition) is 4. The number of nitrogens with one attached hydrogen (secondary N) is 1. The Bertz CT molecular complexity index is 430. The van der Waals surface area contributed by atoms with Crippen LogP contribution in [-0.2, 0) is 9.53 Å². The normalized spacial score (nSPS) is 9.76. The van der Waals surface area contributed by atoms with Gasteiger partial charge in [-0.25, -0.2) is 0 Å². The molecule has 1 aromatic rings. The van der Waals surface area contributed by atoms with Crippen molar-refractivity contribution >= 4 is 17.6 Å². The third-order valence-corrected chi connectivity index (χ3v) is 2.41. The van der Waals surface area contributed by atoms with Crippen LogP contribution in [0.1, 0.15) is 22.3 Å². The minimum atomic E-state index is -0.359. The van der Waals surface area contributed by atoms with Crippen molar-refractivity contribution in [3.05, 3.63) is 29.3 Å². The van der Waals surface area contributed by atoms with Crippen LogP contribution in [0, 0.1) is 6.92 Å². The summed E-state index contributed by atoms with van der Waals surface area (Å²) in [5.74, 6) is -0.641. The molecule has 0 bridgehead atoms. The highest BCUT2D eigenvalue weighted by Crippen LogP contribution is 2.15. The summed E-state index contributed by atoms with van der Waals surface area (Å²) in [7, 11) is 1.31. The Morgan fingerprint density at radius 3 is 2.76 bits per heavy atom. The zero-order valence-corrected chi connectivity index (χ0v) is 9.95. The summed E-state index contributed by atoms with van der Waals surface area (Å²) in [5, 5.41) is 2.61. The van der Waals surface area contributed by atoms with Crippen molar-refractivity contribution in [3.8, 4) is 0 Å². The van der Waals surface area contributed by atoms with E-state index in [2.05, 4.69) is 10.1 Å². The first-order valence-electron chi connectivity index (χ1n) is 5.26. The predicted octanol–water partition coefficient (Wildman–Crippen LogP) is 0.870. The number of anilines is 1. The summed E-state index contributed by atoms with van der Waals surface area (Å²) >= 11 is 0. The molecular formula is C12H16N2O3. The minimum Gasteiger partial charge on any atom is -0.469 e. The second kappa shape index (κ2) is 5.89. The average molecular weight is 236 g/mol. The summed E-state index contributed by atoms with van der Waals surface area (Å²) in [6.45, 7) is 2.07. The van der Waals surface area contributed by atoms with Gasteiger partial charge in [-0.2, -0.15) is 0 Å². The molecule has 0 aromatic heterocycles. The van der Waals surface area contributed by atoms with Crippen LogP contribution in [0.2, 0.25) is 0 Å². The molecule has 0 fully saturated rings. The highest BCUT2D eigenvalue weighted by Gasteiger charge is 2.10. The second-order valence-electron chi connectivity index (χ2n) is 3.62. The highest BCUT2D eigenvalue weighted by molar-refractivity contribution is 5.99. The van der Waals surface area contributed by atoms with Crippen molar-refractivity contribution in [3.63, 3.8) is 0 Å². The number of aryl methyl sites for hydroxylation is 1. The summed E-state index contributed by atoms with van der Waals surface area (Å²) < 4.78 is 4.47. The van der Waals surface area contributed by atoms with Gasteiger partial charge in [-0.1, -0.05) is 12.1 Å². The topological polar surface area (TPSA) is 81.4 Å². The van der Waals surface area contributed by atoms with Crippen LogP contribution in [-0.4, -0.2) is 25.5 Å². The molecular weight excluding hydrogens is 220 g/mol. The fraction of sp³-hybridized carbons (Fsp3) is 0.333. The average Bonchev–Trinajstić information content (AvgIpc) is 2.32. The van der Waals surface area contributed by atoms with Crippen LogP contribution in [0.15, 0.2) is 18.2 Å². The van der Waals surface area contributed by atoms with Gasteiger partial charge in [0, 0.05) is 12.2 Å². The molecule has 3 N–H and O–H groups in total. The van der Waals surface area contributed by atoms with Crippen LogP contribution in [0.25, 0.3) is 0 Å². The Morgan fingerprint density at radius 1 is 1.41 bits per heavy atom. The van der Waals surface area contributed by atoms with E-state index in [1.54, 1.807) is 12.1 Å². The van der Waals surface area contributed by atoms with E-state index >= 15 is 0 Å². The molecule has 0 spiro atoms. The summed E-state index contributed by atoms with van der Waals surface area (Å²) in [5.41, 5.74) is 7.53. The number of amides is 1. The number of para-hydroxylation sites is 1. The molecule has 0 saturated carbocycles. The van der Waals surface area contributed by atoms with Crippen molar-refractivity contribution in [2.24, 2.45) is 0 Å². The lowest BCUT2D eigenvalue weighted by atomic mass is 10.1. The largest absolute Gasteiger partial charge is 0.469 e. The third-order valence-electron chi connectivity index (χ3n) is 2.41. The molecule has 1 rings (SSSR count). The van der Waals surface area contributed by atoms with Gasteiger partial charge in [-0.3, -0.25) is 9.59 Å². The van der Waals surface area contributed by atoms with E-state index in [4.69, 9.17) is 5.73 Å². The number of ether oxygens (including phenoxy) is 1. The summed E-state index contributed by atoms with van der Waals surface area (Å²) in [6.07, 6.45) is 0.147. The number of hydrogen-bond donors (Lipinski definition) is 2. The second-order valence-corrected chi connectivity index (χ2v) is 3.62. The first-order chi connectivity index (χ1) is 8.06. The summed E-state index contributed by atoms with van der Waals surface area (Å²) in [4.78, 5) is 22.6.